The van der Waals surface area contributed by atoms with Crippen LogP contribution in [0.5, 0.6) is 0 Å². The molecule has 0 saturated heterocycles. The van der Waals surface area contributed by atoms with E-state index in [0.717, 1.165) is 0 Å². The Labute approximate surface area is 207 Å². The van der Waals surface area contributed by atoms with Gasteiger partial charge in [-0.15, -0.1) is 0 Å². The fourth-order valence-corrected chi connectivity index (χ4v) is 6.65. The minimum atomic E-state index is -2.30. The molecule has 3 atom stereocenters. The molecule has 0 spiro atoms. The monoisotopic (exact) mass is 516 g/mol. The molecule has 0 radical (unpaired) electrons. The maximum atomic E-state index is 13.6. The average molecular weight is 517 g/mol. The Morgan fingerprint density at radius 3 is 1.45 bits per heavy atom. The van der Waals surface area contributed by atoms with Gasteiger partial charge in [0.15, 0.2) is 30.7 Å². The van der Waals surface area contributed by atoms with Crippen LogP contribution in [0.25, 0.3) is 0 Å². The summed E-state index contributed by atoms with van der Waals surface area (Å²) >= 11 is 0. The lowest BCUT2D eigenvalue weighted by molar-refractivity contribution is -0.132. The highest BCUT2D eigenvalue weighted by Gasteiger charge is 2.52. The van der Waals surface area contributed by atoms with Crippen molar-refractivity contribution in [1.82, 2.24) is 0 Å². The van der Waals surface area contributed by atoms with E-state index in [0.29, 0.717) is 5.57 Å². The number of Topliss-reactive ketones (excluding diaryl/α,β-unsaturated/α-hetero) is 1. The fourth-order valence-electron chi connectivity index (χ4n) is 2.89. The van der Waals surface area contributed by atoms with Crippen molar-refractivity contribution >= 4 is 30.7 Å². The van der Waals surface area contributed by atoms with E-state index in [9.17, 15) is 9.90 Å². The normalized spacial score (nSPS) is 24.2. The molecule has 0 bridgehead atoms. The van der Waals surface area contributed by atoms with Crippen LogP contribution in [0.15, 0.2) is 11.6 Å². The number of hydrogen-bond acceptors (Lipinski definition) is 5. The van der Waals surface area contributed by atoms with Gasteiger partial charge >= 0.3 is 0 Å². The fraction of sp³-hybridized carbons (Fsp3) is 0.880. The number of ketones is 1. The largest absolute Gasteiger partial charge is 0.408 e. The minimum Gasteiger partial charge on any atom is -0.408 e. The van der Waals surface area contributed by atoms with Crippen LogP contribution in [-0.2, 0) is 18.1 Å². The molecular weight excluding hydrogens is 465 g/mol. The highest BCUT2D eigenvalue weighted by atomic mass is 28.4. The second-order valence-corrected chi connectivity index (χ2v) is 28.5. The lowest BCUT2D eigenvalue weighted by Crippen LogP contribution is -2.61. The van der Waals surface area contributed by atoms with E-state index in [4.69, 9.17) is 13.3 Å². The molecule has 1 N–H and O–H groups in total. The molecule has 0 heterocycles. The Morgan fingerprint density at radius 2 is 1.09 bits per heavy atom. The van der Waals surface area contributed by atoms with E-state index in [1.165, 1.54) is 0 Å². The third-order valence-electron chi connectivity index (χ3n) is 8.43. The number of aliphatic hydroxyl groups excluding tert-OH is 1. The van der Waals surface area contributed by atoms with Crippen molar-refractivity contribution in [2.45, 2.75) is 135 Å². The zero-order chi connectivity index (χ0) is 26.4. The second kappa shape index (κ2) is 9.75. The van der Waals surface area contributed by atoms with Crippen LogP contribution in [0.2, 0.25) is 54.4 Å². The third-order valence-corrected chi connectivity index (χ3v) is 21.8. The van der Waals surface area contributed by atoms with Crippen molar-refractivity contribution in [3.8, 4) is 0 Å². The van der Waals surface area contributed by atoms with Gasteiger partial charge in [0.05, 0.1) is 12.7 Å². The summed E-state index contributed by atoms with van der Waals surface area (Å²) in [5.41, 5.74) is 0.373. The predicted octanol–water partition coefficient (Wildman–Crippen LogP) is 6.66. The summed E-state index contributed by atoms with van der Waals surface area (Å²) in [4.78, 5) is 13.6. The Hall–Kier alpha value is -0.0994. The smallest absolute Gasteiger partial charge is 0.193 e. The summed E-state index contributed by atoms with van der Waals surface area (Å²) in [7, 11) is -6.75. The van der Waals surface area contributed by atoms with Gasteiger partial charge in [0.1, 0.15) is 12.2 Å². The van der Waals surface area contributed by atoms with Crippen molar-refractivity contribution in [2.24, 2.45) is 0 Å². The summed E-state index contributed by atoms with van der Waals surface area (Å²) in [5.74, 6) is -0.166. The van der Waals surface area contributed by atoms with Crippen LogP contribution in [0, 0.1) is 0 Å². The molecule has 0 saturated carbocycles. The Morgan fingerprint density at radius 1 is 0.727 bits per heavy atom. The summed E-state index contributed by atoms with van der Waals surface area (Å²) in [5, 5.41) is 9.96. The predicted molar refractivity (Wildman–Crippen MR) is 146 cm³/mol. The van der Waals surface area contributed by atoms with Crippen LogP contribution in [0.4, 0.5) is 0 Å². The van der Waals surface area contributed by atoms with E-state index in [2.05, 4.69) is 102 Å². The van der Waals surface area contributed by atoms with Gasteiger partial charge < -0.3 is 18.4 Å². The molecule has 1 aliphatic rings. The van der Waals surface area contributed by atoms with Gasteiger partial charge in [-0.3, -0.25) is 4.79 Å². The Kier molecular flexibility index (Phi) is 9.14. The molecule has 33 heavy (non-hydrogen) atoms. The molecule has 8 heteroatoms. The van der Waals surface area contributed by atoms with Crippen LogP contribution < -0.4 is 0 Å². The highest BCUT2D eigenvalue weighted by Crippen LogP contribution is 2.44. The number of carbonyl (C=O) groups is 1. The van der Waals surface area contributed by atoms with Crippen molar-refractivity contribution in [2.75, 3.05) is 6.61 Å². The van der Waals surface area contributed by atoms with Gasteiger partial charge in [-0.25, -0.2) is 0 Å². The third kappa shape index (κ3) is 6.98. The van der Waals surface area contributed by atoms with E-state index >= 15 is 0 Å². The molecule has 0 aromatic heterocycles. The van der Waals surface area contributed by atoms with E-state index in [1.54, 1.807) is 0 Å². The molecule has 0 fully saturated rings. The molecule has 0 aromatic carbocycles. The molecular formula is C25H52O5Si3. The standard InChI is InChI=1S/C25H52O5Si3/c1-23(2,3)31(10,11)28-19-16-18(17-26)20(27)22(30-33(14,15)25(7,8)9)21(19)29-32(12,13)24(4,5)6/h16,19,21-22,26H,17H2,1-15H3/t19-,21-,22+/m1/s1. The molecule has 5 nitrogen and oxygen atoms in total. The lowest BCUT2D eigenvalue weighted by atomic mass is 9.91. The molecule has 194 valence electrons. The van der Waals surface area contributed by atoms with Gasteiger partial charge in [-0.05, 0) is 60.5 Å². The molecule has 0 aromatic rings. The van der Waals surface area contributed by atoms with Gasteiger partial charge in [0.25, 0.3) is 0 Å². The molecule has 0 aliphatic heterocycles. The molecule has 1 aliphatic carbocycles. The number of rotatable bonds is 7. The van der Waals surface area contributed by atoms with Crippen LogP contribution in [0.1, 0.15) is 62.3 Å². The highest BCUT2D eigenvalue weighted by molar-refractivity contribution is 6.75. The lowest BCUT2D eigenvalue weighted by Gasteiger charge is -2.49. The molecule has 0 amide bonds. The SMILES string of the molecule is CC(C)(C)[Si](C)(C)O[C@@H]1[C@H](O[Si](C)(C)C(C)(C)C)C=C(CO)C(=O)[C@@H]1O[Si](C)(C)C(C)(C)C. The summed E-state index contributed by atoms with van der Waals surface area (Å²) in [6.07, 6.45) is 0.0695. The van der Waals surface area contributed by atoms with Gasteiger partial charge in [-0.2, -0.15) is 0 Å². The van der Waals surface area contributed by atoms with Crippen LogP contribution in [-0.4, -0.2) is 60.8 Å². The number of carbonyl (C=O) groups excluding carboxylic acids is 1. The molecule has 0 unspecified atom stereocenters. The van der Waals surface area contributed by atoms with E-state index in [-0.39, 0.29) is 27.5 Å². The summed E-state index contributed by atoms with van der Waals surface area (Å²) < 4.78 is 20.6. The average Bonchev–Trinajstić information content (AvgIpc) is 2.56. The quantitative estimate of drug-likeness (QED) is 0.383. The van der Waals surface area contributed by atoms with Crippen LogP contribution >= 0.6 is 0 Å². The maximum absolute atomic E-state index is 13.6. The van der Waals surface area contributed by atoms with Crippen molar-refractivity contribution in [1.29, 1.82) is 0 Å². The van der Waals surface area contributed by atoms with Crippen molar-refractivity contribution in [3.05, 3.63) is 11.6 Å². The summed E-state index contributed by atoms with van der Waals surface area (Å²) in [6, 6.07) is 0. The number of aliphatic hydroxyl groups is 1. The zero-order valence-corrected chi connectivity index (χ0v) is 27.1. The van der Waals surface area contributed by atoms with Crippen molar-refractivity contribution in [3.63, 3.8) is 0 Å². The topological polar surface area (TPSA) is 65.0 Å². The van der Waals surface area contributed by atoms with Gasteiger partial charge in [0.2, 0.25) is 0 Å². The van der Waals surface area contributed by atoms with E-state index < -0.39 is 43.3 Å². The minimum absolute atomic E-state index is 0.00101. The Bertz CT molecular complexity index is 737. The first kappa shape index (κ1) is 30.9. The van der Waals surface area contributed by atoms with Crippen molar-refractivity contribution < 1.29 is 23.2 Å². The first-order valence-electron chi connectivity index (χ1n) is 12.3. The van der Waals surface area contributed by atoms with Gasteiger partial charge in [0, 0.05) is 5.57 Å². The summed E-state index contributed by atoms with van der Waals surface area (Å²) in [6.45, 7) is 32.6. The van der Waals surface area contributed by atoms with E-state index in [1.807, 2.05) is 6.08 Å². The Balaban J connectivity index is 3.65. The zero-order valence-electron chi connectivity index (χ0n) is 24.1. The molecule has 1 rings (SSSR count). The maximum Gasteiger partial charge on any atom is 0.193 e. The van der Waals surface area contributed by atoms with Crippen LogP contribution in [0.3, 0.4) is 0 Å². The van der Waals surface area contributed by atoms with Gasteiger partial charge in [-0.1, -0.05) is 62.3 Å². The first-order valence-corrected chi connectivity index (χ1v) is 21.0. The first-order chi connectivity index (χ1) is 14.4. The second-order valence-electron chi connectivity index (χ2n) is 14.2. The number of hydrogen-bond donors (Lipinski definition) is 1.